The molecule has 0 fully saturated rings. The molecule has 0 radical (unpaired) electrons. The summed E-state index contributed by atoms with van der Waals surface area (Å²) in [4.78, 5) is 44.3. The van der Waals surface area contributed by atoms with Crippen molar-refractivity contribution in [2.75, 3.05) is 0 Å². The molecule has 0 amide bonds. The lowest BCUT2D eigenvalue weighted by Gasteiger charge is -2.52. The zero-order valence-electron chi connectivity index (χ0n) is 29.0. The Labute approximate surface area is 270 Å². The smallest absolute Gasteiger partial charge is 0.200 e. The van der Waals surface area contributed by atoms with Crippen LogP contribution in [0.5, 0.6) is 11.5 Å². The number of aliphatic hydroxyl groups is 1. The molecule has 6 nitrogen and oxygen atoms in total. The van der Waals surface area contributed by atoms with Crippen molar-refractivity contribution < 1.29 is 29.7 Å². The molecule has 1 aliphatic carbocycles. The van der Waals surface area contributed by atoms with Gasteiger partial charge in [-0.1, -0.05) is 74.3 Å². The number of aromatic hydroxyl groups is 2. The first-order valence-corrected chi connectivity index (χ1v) is 16.0. The number of carbonyl (C=O) groups excluding carboxylic acids is 3. The number of Topliss-reactive ketones (excluding diaryl/α,β-unsaturated/α-hetero) is 3. The largest absolute Gasteiger partial charge is 0.511 e. The van der Waals surface area contributed by atoms with Gasteiger partial charge in [-0.05, 0) is 110 Å². The highest BCUT2D eigenvalue weighted by Gasteiger charge is 2.63. The van der Waals surface area contributed by atoms with Crippen molar-refractivity contribution in [3.05, 3.63) is 82.2 Å². The molecule has 4 atom stereocenters. The fourth-order valence-corrected chi connectivity index (χ4v) is 6.57. The molecule has 0 heterocycles. The minimum Gasteiger partial charge on any atom is -0.511 e. The maximum atomic E-state index is 15.1. The van der Waals surface area contributed by atoms with E-state index >= 15 is 4.79 Å². The second-order valence-electron chi connectivity index (χ2n) is 14.1. The van der Waals surface area contributed by atoms with Gasteiger partial charge in [0.1, 0.15) is 16.7 Å². The number of allylic oxidation sites excluding steroid dienone is 9. The van der Waals surface area contributed by atoms with Crippen LogP contribution >= 0.6 is 0 Å². The zero-order chi connectivity index (χ0) is 34.4. The van der Waals surface area contributed by atoms with Gasteiger partial charge in [-0.25, -0.2) is 0 Å². The van der Waals surface area contributed by atoms with Gasteiger partial charge < -0.3 is 15.3 Å². The van der Waals surface area contributed by atoms with Crippen LogP contribution in [0.1, 0.15) is 112 Å². The highest BCUT2D eigenvalue weighted by atomic mass is 16.3. The normalized spacial score (nSPS) is 19.9. The summed E-state index contributed by atoms with van der Waals surface area (Å²) >= 11 is 0. The van der Waals surface area contributed by atoms with Gasteiger partial charge in [0.05, 0.1) is 5.92 Å². The molecule has 3 N–H and O–H groups in total. The van der Waals surface area contributed by atoms with E-state index in [2.05, 4.69) is 18.7 Å². The van der Waals surface area contributed by atoms with Gasteiger partial charge in [0.2, 0.25) is 0 Å². The van der Waals surface area contributed by atoms with Crippen molar-refractivity contribution in [1.29, 1.82) is 0 Å². The Hall–Kier alpha value is -3.67. The van der Waals surface area contributed by atoms with Gasteiger partial charge in [-0.2, -0.15) is 0 Å². The Kier molecular flexibility index (Phi) is 12.6. The molecule has 0 bridgehead atoms. The van der Waals surface area contributed by atoms with Crippen molar-refractivity contribution in [2.45, 2.75) is 101 Å². The van der Waals surface area contributed by atoms with E-state index < -0.39 is 51.1 Å². The number of hydrogen-bond acceptors (Lipinski definition) is 6. The summed E-state index contributed by atoms with van der Waals surface area (Å²) in [5.74, 6) is -4.75. The van der Waals surface area contributed by atoms with E-state index in [0.717, 1.165) is 28.4 Å². The first-order chi connectivity index (χ1) is 20.8. The van der Waals surface area contributed by atoms with Crippen molar-refractivity contribution in [2.24, 2.45) is 28.6 Å². The van der Waals surface area contributed by atoms with Gasteiger partial charge in [0, 0.05) is 5.56 Å². The lowest BCUT2D eigenvalue weighted by Crippen LogP contribution is -2.59. The average Bonchev–Trinajstić information content (AvgIpc) is 2.93. The molecule has 1 aromatic carbocycles. The van der Waals surface area contributed by atoms with E-state index in [4.69, 9.17) is 0 Å². The molecule has 45 heavy (non-hydrogen) atoms. The summed E-state index contributed by atoms with van der Waals surface area (Å²) in [6.07, 6.45) is 8.28. The fourth-order valence-electron chi connectivity index (χ4n) is 6.57. The molecule has 0 saturated heterocycles. The fraction of sp³-hybridized carbons (Fsp3) is 0.513. The van der Waals surface area contributed by atoms with E-state index in [-0.39, 0.29) is 36.0 Å². The predicted octanol–water partition coefficient (Wildman–Crippen LogP) is 9.55. The number of hydrogen-bond donors (Lipinski definition) is 3. The maximum absolute atomic E-state index is 15.1. The Morgan fingerprint density at radius 1 is 0.911 bits per heavy atom. The Balaban J connectivity index is 3.01. The van der Waals surface area contributed by atoms with Crippen LogP contribution < -0.4 is 0 Å². The number of aliphatic hydroxyl groups excluding tert-OH is 1. The van der Waals surface area contributed by atoms with Crippen LogP contribution in [0.15, 0.2) is 76.6 Å². The molecule has 0 aromatic heterocycles. The third kappa shape index (κ3) is 7.95. The minimum absolute atomic E-state index is 0.0696. The van der Waals surface area contributed by atoms with Crippen LogP contribution in [0.2, 0.25) is 0 Å². The monoisotopic (exact) mass is 618 g/mol. The summed E-state index contributed by atoms with van der Waals surface area (Å²) in [7, 11) is 0. The molecular weight excluding hydrogens is 564 g/mol. The predicted molar refractivity (Wildman–Crippen MR) is 182 cm³/mol. The molecule has 0 saturated carbocycles. The van der Waals surface area contributed by atoms with Gasteiger partial charge in [0.15, 0.2) is 28.8 Å². The second kappa shape index (κ2) is 15.1. The molecule has 6 heteroatoms. The number of phenolic OH excluding ortho intramolecular Hbond substituents is 2. The van der Waals surface area contributed by atoms with Crippen LogP contribution in [-0.2, 0) is 9.59 Å². The summed E-state index contributed by atoms with van der Waals surface area (Å²) in [6, 6.07) is 3.54. The zero-order valence-corrected chi connectivity index (χ0v) is 29.0. The van der Waals surface area contributed by atoms with E-state index in [1.54, 1.807) is 0 Å². The van der Waals surface area contributed by atoms with E-state index in [0.29, 0.717) is 19.3 Å². The van der Waals surface area contributed by atoms with E-state index in [1.165, 1.54) is 12.1 Å². The van der Waals surface area contributed by atoms with Crippen molar-refractivity contribution >= 4 is 17.3 Å². The average molecular weight is 619 g/mol. The first-order valence-electron chi connectivity index (χ1n) is 16.0. The van der Waals surface area contributed by atoms with Crippen LogP contribution in [0.3, 0.4) is 0 Å². The molecule has 1 aromatic rings. The third-order valence-corrected chi connectivity index (χ3v) is 9.67. The van der Waals surface area contributed by atoms with Gasteiger partial charge in [0.25, 0.3) is 0 Å². The molecule has 2 rings (SSSR count). The third-order valence-electron chi connectivity index (χ3n) is 9.67. The highest BCUT2D eigenvalue weighted by Crippen LogP contribution is 2.57. The van der Waals surface area contributed by atoms with Gasteiger partial charge in [-0.15, -0.1) is 0 Å². The van der Waals surface area contributed by atoms with E-state index in [9.17, 15) is 24.9 Å². The summed E-state index contributed by atoms with van der Waals surface area (Å²) in [5, 5.41) is 31.9. The minimum atomic E-state index is -1.66. The lowest BCUT2D eigenvalue weighted by molar-refractivity contribution is -0.155. The van der Waals surface area contributed by atoms with Crippen molar-refractivity contribution in [1.82, 2.24) is 0 Å². The molecular formula is C39H54O6. The first kappa shape index (κ1) is 37.5. The summed E-state index contributed by atoms with van der Waals surface area (Å²) < 4.78 is 0. The highest BCUT2D eigenvalue weighted by molar-refractivity contribution is 6.34. The van der Waals surface area contributed by atoms with Crippen molar-refractivity contribution in [3.63, 3.8) is 0 Å². The number of ketones is 3. The van der Waals surface area contributed by atoms with Gasteiger partial charge in [-0.3, -0.25) is 14.4 Å². The van der Waals surface area contributed by atoms with Crippen molar-refractivity contribution in [3.8, 4) is 11.5 Å². The SMILES string of the molecule is C=C(C)[C@@H](CC=C(C)C)CC1C(=O)C(CC=C(C)C)(C(C)(C)[C@@H](CC)CC=C(C)C)C(=O)C(C(=O)c2ccc(O)c(O)c2)=C1O. The number of rotatable bonds is 14. The van der Waals surface area contributed by atoms with Gasteiger partial charge >= 0.3 is 0 Å². The van der Waals surface area contributed by atoms with Crippen LogP contribution in [0.4, 0.5) is 0 Å². The Bertz CT molecular complexity index is 1440. The van der Waals surface area contributed by atoms with E-state index in [1.807, 2.05) is 75.3 Å². The summed E-state index contributed by atoms with van der Waals surface area (Å²) in [6.45, 7) is 23.8. The Morgan fingerprint density at radius 3 is 1.96 bits per heavy atom. The molecule has 2 unspecified atom stereocenters. The molecule has 0 spiro atoms. The van der Waals surface area contributed by atoms with Crippen LogP contribution in [0, 0.1) is 28.6 Å². The molecule has 246 valence electrons. The lowest BCUT2D eigenvalue weighted by atomic mass is 9.48. The quantitative estimate of drug-likeness (QED) is 0.0629. The summed E-state index contributed by atoms with van der Waals surface area (Å²) in [5.41, 5.74) is 0.929. The second-order valence-corrected chi connectivity index (χ2v) is 14.1. The maximum Gasteiger partial charge on any atom is 0.200 e. The standard InChI is InChI=1S/C39H54O6/c1-12-29(17-14-24(4)5)38(10,11)39(20-19-25(6)7)36(44)30(21-27(26(8)9)15-13-23(2)3)35(43)33(37(39)45)34(42)28-16-18-31(40)32(41)22-28/h13-14,16,18-19,22,27,29-30,40-41,43H,8,12,15,17,20-21H2,1-7,9-11H3/t27-,29-,30?,39?/m0/s1. The molecule has 1 aliphatic rings. The van der Waals surface area contributed by atoms with Crippen LogP contribution in [0.25, 0.3) is 0 Å². The topological polar surface area (TPSA) is 112 Å². The Morgan fingerprint density at radius 2 is 1.47 bits per heavy atom. The number of benzene rings is 1. The number of phenols is 2. The molecule has 0 aliphatic heterocycles. The number of carbonyl (C=O) groups is 3. The van der Waals surface area contributed by atoms with Crippen LogP contribution in [-0.4, -0.2) is 32.7 Å².